The van der Waals surface area contributed by atoms with Crippen molar-refractivity contribution in [2.75, 3.05) is 19.9 Å². The van der Waals surface area contributed by atoms with Crippen molar-refractivity contribution in [3.8, 4) is 11.5 Å². The van der Waals surface area contributed by atoms with Crippen molar-refractivity contribution in [3.63, 3.8) is 0 Å². The summed E-state index contributed by atoms with van der Waals surface area (Å²) in [6.45, 7) is 4.01. The van der Waals surface area contributed by atoms with E-state index < -0.39 is 0 Å². The molecule has 20 heavy (non-hydrogen) atoms. The number of benzene rings is 1. The number of hydrogen-bond donors (Lipinski definition) is 2. The van der Waals surface area contributed by atoms with Gasteiger partial charge in [0.2, 0.25) is 6.79 Å². The first-order chi connectivity index (χ1) is 9.29. The Morgan fingerprint density at radius 1 is 1.35 bits per heavy atom. The lowest BCUT2D eigenvalue weighted by molar-refractivity contribution is 0.174. The predicted octanol–water partition coefficient (Wildman–Crippen LogP) is 2.28. The number of nitrogens with zero attached hydrogens (tertiary/aromatic N) is 1. The molecule has 0 radical (unpaired) electrons. The van der Waals surface area contributed by atoms with Gasteiger partial charge in [-0.15, -0.1) is 24.0 Å². The first-order valence-corrected chi connectivity index (χ1v) is 6.72. The second-order valence-corrected chi connectivity index (χ2v) is 4.48. The molecule has 0 spiro atoms. The zero-order valence-corrected chi connectivity index (χ0v) is 14.1. The van der Waals surface area contributed by atoms with Gasteiger partial charge >= 0.3 is 0 Å². The summed E-state index contributed by atoms with van der Waals surface area (Å²) in [4.78, 5) is 4.24. The zero-order valence-electron chi connectivity index (χ0n) is 11.7. The van der Waals surface area contributed by atoms with Crippen LogP contribution in [-0.2, 0) is 6.42 Å². The lowest BCUT2D eigenvalue weighted by Gasteiger charge is -2.06. The van der Waals surface area contributed by atoms with Crippen molar-refractivity contribution >= 4 is 29.9 Å². The van der Waals surface area contributed by atoms with E-state index in [4.69, 9.17) is 15.2 Å². The molecule has 1 heterocycles. The topological polar surface area (TPSA) is 68.9 Å². The Labute approximate surface area is 137 Å². The van der Waals surface area contributed by atoms with Crippen LogP contribution in [0, 0.1) is 0 Å². The molecule has 6 heteroatoms. The van der Waals surface area contributed by atoms with Crippen molar-refractivity contribution in [2.24, 2.45) is 10.7 Å². The van der Waals surface area contributed by atoms with Crippen molar-refractivity contribution < 1.29 is 9.47 Å². The highest BCUT2D eigenvalue weighted by atomic mass is 127. The van der Waals surface area contributed by atoms with E-state index in [0.717, 1.165) is 43.9 Å². The first kappa shape index (κ1) is 16.9. The molecule has 1 aromatic carbocycles. The van der Waals surface area contributed by atoms with Crippen molar-refractivity contribution in [1.82, 2.24) is 5.32 Å². The fourth-order valence-electron chi connectivity index (χ4n) is 1.84. The molecule has 3 N–H and O–H groups in total. The van der Waals surface area contributed by atoms with E-state index in [0.29, 0.717) is 12.8 Å². The molecule has 0 atom stereocenters. The number of rotatable bonds is 6. The molecule has 0 fully saturated rings. The Bertz CT molecular complexity index is 452. The van der Waals surface area contributed by atoms with Gasteiger partial charge in [0.25, 0.3) is 0 Å². The highest BCUT2D eigenvalue weighted by molar-refractivity contribution is 14.0. The quantitative estimate of drug-likeness (QED) is 0.338. The maximum atomic E-state index is 5.76. The molecule has 112 valence electrons. The van der Waals surface area contributed by atoms with Crippen LogP contribution in [0.1, 0.15) is 25.3 Å². The summed E-state index contributed by atoms with van der Waals surface area (Å²) in [7, 11) is 0. The van der Waals surface area contributed by atoms with E-state index in [-0.39, 0.29) is 24.0 Å². The number of nitrogens with two attached hydrogens (primary N) is 1. The fraction of sp³-hybridized carbons (Fsp3) is 0.500. The third-order valence-electron chi connectivity index (χ3n) is 2.95. The molecule has 1 aliphatic heterocycles. The second kappa shape index (κ2) is 8.89. The second-order valence-electron chi connectivity index (χ2n) is 4.48. The van der Waals surface area contributed by atoms with Crippen LogP contribution in [-0.4, -0.2) is 25.8 Å². The number of guanidine groups is 1. The number of nitrogens with one attached hydrogen (secondary N) is 1. The minimum Gasteiger partial charge on any atom is -0.454 e. The largest absolute Gasteiger partial charge is 0.454 e. The van der Waals surface area contributed by atoms with Gasteiger partial charge in [0, 0.05) is 13.1 Å². The third kappa shape index (κ3) is 5.07. The summed E-state index contributed by atoms with van der Waals surface area (Å²) in [5.41, 5.74) is 6.96. The monoisotopic (exact) mass is 391 g/mol. The van der Waals surface area contributed by atoms with Crippen LogP contribution in [0.5, 0.6) is 11.5 Å². The van der Waals surface area contributed by atoms with Gasteiger partial charge in [0.15, 0.2) is 17.5 Å². The zero-order chi connectivity index (χ0) is 13.5. The maximum absolute atomic E-state index is 5.76. The summed E-state index contributed by atoms with van der Waals surface area (Å²) in [6, 6.07) is 5.99. The number of aliphatic imine (C=N–C) groups is 1. The molecular formula is C14H22IN3O2. The fourth-order valence-corrected chi connectivity index (χ4v) is 1.84. The van der Waals surface area contributed by atoms with E-state index in [1.54, 1.807) is 0 Å². The van der Waals surface area contributed by atoms with Crippen LogP contribution in [0.3, 0.4) is 0 Å². The normalized spacial score (nSPS) is 12.9. The molecule has 5 nitrogen and oxygen atoms in total. The van der Waals surface area contributed by atoms with Gasteiger partial charge in [0.05, 0.1) is 0 Å². The van der Waals surface area contributed by atoms with Crippen LogP contribution in [0.15, 0.2) is 23.2 Å². The predicted molar refractivity (Wildman–Crippen MR) is 91.1 cm³/mol. The Balaban J connectivity index is 0.00000200. The molecule has 1 aliphatic rings. The minimum atomic E-state index is 0. The smallest absolute Gasteiger partial charge is 0.231 e. The molecular weight excluding hydrogens is 369 g/mol. The Hall–Kier alpha value is -1.18. The van der Waals surface area contributed by atoms with Crippen LogP contribution in [0.25, 0.3) is 0 Å². The van der Waals surface area contributed by atoms with Crippen molar-refractivity contribution in [3.05, 3.63) is 23.8 Å². The highest BCUT2D eigenvalue weighted by Gasteiger charge is 2.12. The summed E-state index contributed by atoms with van der Waals surface area (Å²) in [5, 5.41) is 3.11. The first-order valence-electron chi connectivity index (χ1n) is 6.72. The summed E-state index contributed by atoms with van der Waals surface area (Å²) < 4.78 is 10.6. The summed E-state index contributed by atoms with van der Waals surface area (Å²) in [6.07, 6.45) is 3.08. The van der Waals surface area contributed by atoms with E-state index in [2.05, 4.69) is 17.2 Å². The van der Waals surface area contributed by atoms with Crippen LogP contribution in [0.4, 0.5) is 0 Å². The van der Waals surface area contributed by atoms with Gasteiger partial charge in [-0.1, -0.05) is 19.4 Å². The molecule has 0 saturated carbocycles. The average Bonchev–Trinajstić information content (AvgIpc) is 2.86. The molecule has 1 aromatic rings. The molecule has 0 saturated heterocycles. The van der Waals surface area contributed by atoms with Gasteiger partial charge in [-0.3, -0.25) is 4.99 Å². The average molecular weight is 391 g/mol. The van der Waals surface area contributed by atoms with E-state index in [1.165, 1.54) is 5.56 Å². The van der Waals surface area contributed by atoms with Gasteiger partial charge in [-0.25, -0.2) is 0 Å². The van der Waals surface area contributed by atoms with E-state index in [9.17, 15) is 0 Å². The SMILES string of the molecule is CCCCN=C(N)NCCc1ccc2c(c1)OCO2.I. The van der Waals surface area contributed by atoms with E-state index in [1.807, 2.05) is 18.2 Å². The molecule has 0 unspecified atom stereocenters. The van der Waals surface area contributed by atoms with Gasteiger partial charge in [-0.05, 0) is 30.5 Å². The van der Waals surface area contributed by atoms with E-state index >= 15 is 0 Å². The molecule has 0 aliphatic carbocycles. The molecule has 2 rings (SSSR count). The molecule has 0 aromatic heterocycles. The Kier molecular flexibility index (Phi) is 7.50. The minimum absolute atomic E-state index is 0. The third-order valence-corrected chi connectivity index (χ3v) is 2.95. The van der Waals surface area contributed by atoms with Crippen LogP contribution in [0.2, 0.25) is 0 Å². The maximum Gasteiger partial charge on any atom is 0.231 e. The van der Waals surface area contributed by atoms with Gasteiger partial charge in [0.1, 0.15) is 0 Å². The number of ether oxygens (including phenoxy) is 2. The van der Waals surface area contributed by atoms with Crippen molar-refractivity contribution in [1.29, 1.82) is 0 Å². The standard InChI is InChI=1S/C14H21N3O2.HI/c1-2-3-7-16-14(15)17-8-6-11-4-5-12-13(9-11)19-10-18-12;/h4-5,9H,2-3,6-8,10H2,1H3,(H3,15,16,17);1H. The van der Waals surface area contributed by atoms with Crippen LogP contribution >= 0.6 is 24.0 Å². The molecule has 0 amide bonds. The Morgan fingerprint density at radius 2 is 2.15 bits per heavy atom. The van der Waals surface area contributed by atoms with Crippen molar-refractivity contribution in [2.45, 2.75) is 26.2 Å². The lowest BCUT2D eigenvalue weighted by atomic mass is 10.1. The van der Waals surface area contributed by atoms with Crippen LogP contribution < -0.4 is 20.5 Å². The Morgan fingerprint density at radius 3 is 2.95 bits per heavy atom. The highest BCUT2D eigenvalue weighted by Crippen LogP contribution is 2.32. The molecule has 0 bridgehead atoms. The number of unbranched alkanes of at least 4 members (excludes halogenated alkanes) is 1. The number of hydrogen-bond acceptors (Lipinski definition) is 3. The van der Waals surface area contributed by atoms with Gasteiger partial charge < -0.3 is 20.5 Å². The number of fused-ring (bicyclic) bond motifs is 1. The summed E-state index contributed by atoms with van der Waals surface area (Å²) >= 11 is 0. The lowest BCUT2D eigenvalue weighted by Crippen LogP contribution is -2.33. The number of halogens is 1. The van der Waals surface area contributed by atoms with Gasteiger partial charge in [-0.2, -0.15) is 0 Å². The summed E-state index contributed by atoms with van der Waals surface area (Å²) in [5.74, 6) is 2.16.